The van der Waals surface area contributed by atoms with E-state index in [4.69, 9.17) is 9.16 Å². The summed E-state index contributed by atoms with van der Waals surface area (Å²) in [5.41, 5.74) is 3.20. The third-order valence-corrected chi connectivity index (χ3v) is 7.90. The van der Waals surface area contributed by atoms with Crippen molar-refractivity contribution >= 4 is 18.7 Å². The van der Waals surface area contributed by atoms with Crippen LogP contribution >= 0.6 is 0 Å². The van der Waals surface area contributed by atoms with Gasteiger partial charge in [-0.15, -0.1) is 6.58 Å². The van der Waals surface area contributed by atoms with E-state index in [1.165, 1.54) is 0 Å². The summed E-state index contributed by atoms with van der Waals surface area (Å²) < 4.78 is 12.1. The van der Waals surface area contributed by atoms with Gasteiger partial charge in [-0.2, -0.15) is 0 Å². The predicted molar refractivity (Wildman–Crippen MR) is 112 cm³/mol. The Morgan fingerprint density at radius 2 is 1.54 bits per heavy atom. The molecule has 0 fully saturated rings. The van der Waals surface area contributed by atoms with Crippen LogP contribution in [0, 0.1) is 11.5 Å². The van der Waals surface area contributed by atoms with E-state index < -0.39 is 8.32 Å². The van der Waals surface area contributed by atoms with E-state index in [0.717, 1.165) is 23.2 Å². The standard InChI is InChI=1S/C23H28O2Si/c1-5-6-18-23(2,3)25-26(20-13-19-24-4,21-14-9-7-10-15-21)22-16-11-8-12-17-22/h5,7-12,14-17H,1,6,18-19H2,2-4H3. The largest absolute Gasteiger partial charge is 0.394 e. The molecule has 136 valence electrons. The van der Waals surface area contributed by atoms with Crippen LogP contribution in [0.3, 0.4) is 0 Å². The second-order valence-electron chi connectivity index (χ2n) is 6.84. The summed E-state index contributed by atoms with van der Waals surface area (Å²) in [6.07, 6.45) is 3.75. The Hall–Kier alpha value is -2.12. The summed E-state index contributed by atoms with van der Waals surface area (Å²) >= 11 is 0. The summed E-state index contributed by atoms with van der Waals surface area (Å²) in [4.78, 5) is 0. The van der Waals surface area contributed by atoms with Gasteiger partial charge in [0.15, 0.2) is 0 Å². The summed E-state index contributed by atoms with van der Waals surface area (Å²) in [7, 11) is -1.08. The lowest BCUT2D eigenvalue weighted by molar-refractivity contribution is 0.0992. The molecule has 0 radical (unpaired) electrons. The maximum atomic E-state index is 6.91. The molecule has 0 amide bonds. The van der Waals surface area contributed by atoms with Crippen LogP contribution in [-0.4, -0.2) is 27.6 Å². The Kier molecular flexibility index (Phi) is 7.41. The molecule has 0 spiro atoms. The minimum Gasteiger partial charge on any atom is -0.394 e. The molecule has 0 atom stereocenters. The molecule has 0 aromatic heterocycles. The van der Waals surface area contributed by atoms with Crippen molar-refractivity contribution < 1.29 is 9.16 Å². The van der Waals surface area contributed by atoms with Crippen molar-refractivity contribution in [2.75, 3.05) is 13.7 Å². The van der Waals surface area contributed by atoms with Crippen LogP contribution in [0.4, 0.5) is 0 Å². The highest BCUT2D eigenvalue weighted by Crippen LogP contribution is 2.23. The molecule has 0 aliphatic carbocycles. The molecule has 0 saturated carbocycles. The van der Waals surface area contributed by atoms with Crippen molar-refractivity contribution in [3.05, 3.63) is 73.3 Å². The van der Waals surface area contributed by atoms with Gasteiger partial charge in [-0.3, -0.25) is 0 Å². The molecule has 0 N–H and O–H groups in total. The smallest absolute Gasteiger partial charge is 0.337 e. The topological polar surface area (TPSA) is 18.5 Å². The molecular formula is C23H28O2Si. The number of methoxy groups -OCH3 is 1. The predicted octanol–water partition coefficient (Wildman–Crippen LogP) is 3.70. The SMILES string of the molecule is C=CCCC(C)(C)O[Si](C#CCOC)(c1ccccc1)c1ccccc1. The molecule has 2 rings (SSSR count). The first kappa shape index (κ1) is 20.2. The molecule has 2 aromatic carbocycles. The molecule has 26 heavy (non-hydrogen) atoms. The first-order valence-corrected chi connectivity index (χ1v) is 10.9. The van der Waals surface area contributed by atoms with Gasteiger partial charge in [-0.05, 0) is 37.1 Å². The molecule has 0 heterocycles. The van der Waals surface area contributed by atoms with Gasteiger partial charge in [0, 0.05) is 7.11 Å². The van der Waals surface area contributed by atoms with E-state index in [9.17, 15) is 0 Å². The van der Waals surface area contributed by atoms with Gasteiger partial charge < -0.3 is 9.16 Å². The number of rotatable bonds is 8. The van der Waals surface area contributed by atoms with E-state index in [1.54, 1.807) is 7.11 Å². The minimum atomic E-state index is -2.75. The van der Waals surface area contributed by atoms with Gasteiger partial charge in [-0.1, -0.05) is 78.2 Å². The summed E-state index contributed by atoms with van der Waals surface area (Å²) in [6, 6.07) is 20.8. The number of benzene rings is 2. The van der Waals surface area contributed by atoms with Gasteiger partial charge in [0.2, 0.25) is 0 Å². The number of ether oxygens (including phenoxy) is 1. The van der Waals surface area contributed by atoms with Crippen molar-refractivity contribution in [1.82, 2.24) is 0 Å². The van der Waals surface area contributed by atoms with Gasteiger partial charge >= 0.3 is 8.32 Å². The molecular weight excluding hydrogens is 336 g/mol. The van der Waals surface area contributed by atoms with Gasteiger partial charge in [0.1, 0.15) is 6.61 Å². The highest BCUT2D eigenvalue weighted by atomic mass is 28.4. The number of hydrogen-bond acceptors (Lipinski definition) is 2. The Labute approximate surface area is 159 Å². The Balaban J connectivity index is 2.61. The van der Waals surface area contributed by atoms with Gasteiger partial charge in [0.25, 0.3) is 0 Å². The summed E-state index contributed by atoms with van der Waals surface area (Å²) in [5, 5.41) is 2.31. The van der Waals surface area contributed by atoms with E-state index in [2.05, 4.69) is 80.4 Å². The molecule has 0 aliphatic heterocycles. The Bertz CT molecular complexity index is 703. The fraction of sp³-hybridized carbons (Fsp3) is 0.304. The van der Waals surface area contributed by atoms with Crippen molar-refractivity contribution in [1.29, 1.82) is 0 Å². The zero-order chi connectivity index (χ0) is 18.9. The zero-order valence-corrected chi connectivity index (χ0v) is 17.0. The number of allylic oxidation sites excluding steroid dienone is 1. The average Bonchev–Trinajstić information content (AvgIpc) is 2.67. The average molecular weight is 365 g/mol. The highest BCUT2D eigenvalue weighted by Gasteiger charge is 2.43. The normalized spacial score (nSPS) is 11.5. The van der Waals surface area contributed by atoms with Crippen LogP contribution in [0.5, 0.6) is 0 Å². The quantitative estimate of drug-likeness (QED) is 0.404. The second kappa shape index (κ2) is 9.54. The lowest BCUT2D eigenvalue weighted by Crippen LogP contribution is -2.63. The Morgan fingerprint density at radius 1 is 1.00 bits per heavy atom. The fourth-order valence-electron chi connectivity index (χ4n) is 2.95. The van der Waals surface area contributed by atoms with E-state index >= 15 is 0 Å². The van der Waals surface area contributed by atoms with E-state index in [-0.39, 0.29) is 5.60 Å². The molecule has 0 bridgehead atoms. The molecule has 2 aromatic rings. The second-order valence-corrected chi connectivity index (χ2v) is 9.81. The van der Waals surface area contributed by atoms with Crippen molar-refractivity contribution in [2.45, 2.75) is 32.3 Å². The lowest BCUT2D eigenvalue weighted by Gasteiger charge is -2.37. The van der Waals surface area contributed by atoms with Crippen LogP contribution < -0.4 is 10.4 Å². The third-order valence-electron chi connectivity index (χ3n) is 4.22. The van der Waals surface area contributed by atoms with Crippen LogP contribution in [0.2, 0.25) is 0 Å². The third kappa shape index (κ3) is 5.19. The maximum absolute atomic E-state index is 6.91. The molecule has 2 nitrogen and oxygen atoms in total. The number of hydrogen-bond donors (Lipinski definition) is 0. The first-order valence-electron chi connectivity index (χ1n) is 8.95. The Morgan fingerprint density at radius 3 is 2.00 bits per heavy atom. The van der Waals surface area contributed by atoms with Crippen LogP contribution in [0.1, 0.15) is 26.7 Å². The van der Waals surface area contributed by atoms with Crippen molar-refractivity contribution in [2.24, 2.45) is 0 Å². The van der Waals surface area contributed by atoms with Crippen LogP contribution in [0.15, 0.2) is 73.3 Å². The summed E-state index contributed by atoms with van der Waals surface area (Å²) in [6.45, 7) is 8.52. The first-order chi connectivity index (χ1) is 12.5. The highest BCUT2D eigenvalue weighted by molar-refractivity contribution is 7.03. The fourth-order valence-corrected chi connectivity index (χ4v) is 6.43. The molecule has 0 unspecified atom stereocenters. The van der Waals surface area contributed by atoms with Gasteiger partial charge in [-0.25, -0.2) is 0 Å². The lowest BCUT2D eigenvalue weighted by atomic mass is 10.0. The van der Waals surface area contributed by atoms with Crippen molar-refractivity contribution in [3.63, 3.8) is 0 Å². The van der Waals surface area contributed by atoms with Gasteiger partial charge in [0.05, 0.1) is 5.60 Å². The van der Waals surface area contributed by atoms with E-state index in [0.29, 0.717) is 6.61 Å². The molecule has 0 aliphatic rings. The molecule has 0 saturated heterocycles. The van der Waals surface area contributed by atoms with E-state index in [1.807, 2.05) is 18.2 Å². The van der Waals surface area contributed by atoms with Crippen molar-refractivity contribution in [3.8, 4) is 11.5 Å². The van der Waals surface area contributed by atoms with Crippen LogP contribution in [-0.2, 0) is 9.16 Å². The summed E-state index contributed by atoms with van der Waals surface area (Å²) in [5.74, 6) is 3.20. The maximum Gasteiger partial charge on any atom is 0.337 e. The minimum absolute atomic E-state index is 0.312. The van der Waals surface area contributed by atoms with Crippen LogP contribution in [0.25, 0.3) is 0 Å². The molecule has 3 heteroatoms. The monoisotopic (exact) mass is 364 g/mol. The zero-order valence-electron chi connectivity index (χ0n) is 16.0.